The Bertz CT molecular complexity index is 894. The Morgan fingerprint density at radius 3 is 2.04 bits per heavy atom. The van der Waals surface area contributed by atoms with Gasteiger partial charge in [0.15, 0.2) is 0 Å². The van der Waals surface area contributed by atoms with Crippen molar-refractivity contribution in [2.24, 2.45) is 5.73 Å². The maximum Gasteiger partial charge on any atom is 0.255 e. The molecule has 0 radical (unpaired) electrons. The van der Waals surface area contributed by atoms with Crippen molar-refractivity contribution >= 4 is 17.5 Å². The molecule has 0 aliphatic rings. The third-order valence-corrected chi connectivity index (χ3v) is 4.16. The van der Waals surface area contributed by atoms with E-state index in [-0.39, 0.29) is 11.8 Å². The average Bonchev–Trinajstić information content (AvgIpc) is 2.73. The van der Waals surface area contributed by atoms with Crippen LogP contribution in [0.5, 0.6) is 0 Å². The minimum Gasteiger partial charge on any atom is -0.350 e. The molecular formula is C22H21N3O2. The van der Waals surface area contributed by atoms with Crippen molar-refractivity contribution < 1.29 is 9.59 Å². The summed E-state index contributed by atoms with van der Waals surface area (Å²) in [6.45, 7) is 0.429. The number of hydrogen-bond donors (Lipinski definition) is 3. The van der Waals surface area contributed by atoms with E-state index < -0.39 is 6.04 Å². The lowest BCUT2D eigenvalue weighted by Gasteiger charge is -2.13. The molecule has 0 aliphatic carbocycles. The standard InChI is InChI=1S/C22H21N3O2/c23-20(22(27)24-15-16-7-3-1-4-8-16)17-11-13-19(14-12-17)25-21(26)18-9-5-2-6-10-18/h1-14,20H,15,23H2,(H,24,27)(H,25,26)/t20-/m0/s1. The van der Waals surface area contributed by atoms with Gasteiger partial charge in [0.2, 0.25) is 5.91 Å². The van der Waals surface area contributed by atoms with Crippen LogP contribution in [0.25, 0.3) is 0 Å². The highest BCUT2D eigenvalue weighted by Crippen LogP contribution is 2.16. The molecule has 0 saturated carbocycles. The second-order valence-corrected chi connectivity index (χ2v) is 6.12. The van der Waals surface area contributed by atoms with E-state index in [1.165, 1.54) is 0 Å². The first-order valence-corrected chi connectivity index (χ1v) is 8.67. The van der Waals surface area contributed by atoms with Crippen molar-refractivity contribution in [3.05, 3.63) is 102 Å². The Labute approximate surface area is 158 Å². The van der Waals surface area contributed by atoms with Crippen LogP contribution >= 0.6 is 0 Å². The summed E-state index contributed by atoms with van der Waals surface area (Å²) in [4.78, 5) is 24.4. The number of rotatable bonds is 6. The third-order valence-electron chi connectivity index (χ3n) is 4.16. The third kappa shape index (κ3) is 5.03. The molecule has 2 amide bonds. The van der Waals surface area contributed by atoms with Crippen LogP contribution in [0.1, 0.15) is 27.5 Å². The van der Waals surface area contributed by atoms with Gasteiger partial charge in [-0.3, -0.25) is 9.59 Å². The van der Waals surface area contributed by atoms with Crippen LogP contribution in [0.3, 0.4) is 0 Å². The van der Waals surface area contributed by atoms with Gasteiger partial charge < -0.3 is 16.4 Å². The Kier molecular flexibility index (Phi) is 5.97. The first-order chi connectivity index (χ1) is 13.1. The van der Waals surface area contributed by atoms with Crippen LogP contribution in [-0.2, 0) is 11.3 Å². The number of anilines is 1. The van der Waals surface area contributed by atoms with Gasteiger partial charge in [-0.05, 0) is 35.4 Å². The molecule has 0 aromatic heterocycles. The molecule has 4 N–H and O–H groups in total. The van der Waals surface area contributed by atoms with Crippen molar-refractivity contribution in [2.75, 3.05) is 5.32 Å². The number of nitrogens with one attached hydrogen (secondary N) is 2. The lowest BCUT2D eigenvalue weighted by atomic mass is 10.1. The second-order valence-electron chi connectivity index (χ2n) is 6.12. The number of benzene rings is 3. The zero-order chi connectivity index (χ0) is 19.1. The van der Waals surface area contributed by atoms with E-state index in [0.29, 0.717) is 23.4 Å². The zero-order valence-corrected chi connectivity index (χ0v) is 14.8. The van der Waals surface area contributed by atoms with Crippen molar-refractivity contribution in [3.63, 3.8) is 0 Å². The number of hydrogen-bond acceptors (Lipinski definition) is 3. The van der Waals surface area contributed by atoms with Gasteiger partial charge >= 0.3 is 0 Å². The smallest absolute Gasteiger partial charge is 0.255 e. The molecule has 1 atom stereocenters. The number of carbonyl (C=O) groups excluding carboxylic acids is 2. The van der Waals surface area contributed by atoms with Crippen molar-refractivity contribution in [3.8, 4) is 0 Å². The summed E-state index contributed by atoms with van der Waals surface area (Å²) in [5.74, 6) is -0.437. The first-order valence-electron chi connectivity index (χ1n) is 8.67. The fourth-order valence-corrected chi connectivity index (χ4v) is 2.61. The van der Waals surface area contributed by atoms with Crippen LogP contribution in [0.2, 0.25) is 0 Å². The van der Waals surface area contributed by atoms with Crippen LogP contribution in [0, 0.1) is 0 Å². The molecule has 0 aliphatic heterocycles. The average molecular weight is 359 g/mol. The summed E-state index contributed by atoms with van der Waals surface area (Å²) in [5.41, 5.74) is 8.96. The summed E-state index contributed by atoms with van der Waals surface area (Å²) >= 11 is 0. The van der Waals surface area contributed by atoms with Gasteiger partial charge in [-0.1, -0.05) is 60.7 Å². The van der Waals surface area contributed by atoms with E-state index in [0.717, 1.165) is 5.56 Å². The molecular weight excluding hydrogens is 338 g/mol. The van der Waals surface area contributed by atoms with Crippen LogP contribution in [0.15, 0.2) is 84.9 Å². The van der Waals surface area contributed by atoms with Gasteiger partial charge in [-0.2, -0.15) is 0 Å². The van der Waals surface area contributed by atoms with Gasteiger partial charge in [-0.25, -0.2) is 0 Å². The highest BCUT2D eigenvalue weighted by Gasteiger charge is 2.15. The Hall–Kier alpha value is -3.44. The molecule has 0 bridgehead atoms. The number of carbonyl (C=O) groups is 2. The summed E-state index contributed by atoms with van der Waals surface area (Å²) in [7, 11) is 0. The lowest BCUT2D eigenvalue weighted by Crippen LogP contribution is -2.33. The minimum atomic E-state index is -0.771. The van der Waals surface area contributed by atoms with Crippen LogP contribution < -0.4 is 16.4 Å². The molecule has 0 saturated heterocycles. The summed E-state index contributed by atoms with van der Waals surface area (Å²) in [6, 6.07) is 24.8. The highest BCUT2D eigenvalue weighted by molar-refractivity contribution is 6.04. The highest BCUT2D eigenvalue weighted by atomic mass is 16.2. The number of nitrogens with two attached hydrogens (primary N) is 1. The Morgan fingerprint density at radius 2 is 1.41 bits per heavy atom. The Balaban J connectivity index is 1.57. The maximum atomic E-state index is 12.3. The first kappa shape index (κ1) is 18.4. The van der Waals surface area contributed by atoms with E-state index in [2.05, 4.69) is 10.6 Å². The van der Waals surface area contributed by atoms with E-state index in [9.17, 15) is 9.59 Å². The molecule has 0 fully saturated rings. The molecule has 27 heavy (non-hydrogen) atoms. The van der Waals surface area contributed by atoms with Gasteiger partial charge in [0.25, 0.3) is 5.91 Å². The van der Waals surface area contributed by atoms with Crippen molar-refractivity contribution in [1.29, 1.82) is 0 Å². The van der Waals surface area contributed by atoms with E-state index >= 15 is 0 Å². The topological polar surface area (TPSA) is 84.2 Å². The zero-order valence-electron chi connectivity index (χ0n) is 14.8. The molecule has 0 spiro atoms. The molecule has 5 nitrogen and oxygen atoms in total. The SMILES string of the molecule is N[C@H](C(=O)NCc1ccccc1)c1ccc(NC(=O)c2ccccc2)cc1. The van der Waals surface area contributed by atoms with Crippen molar-refractivity contribution in [2.45, 2.75) is 12.6 Å². The van der Waals surface area contributed by atoms with Crippen molar-refractivity contribution in [1.82, 2.24) is 5.32 Å². The summed E-state index contributed by atoms with van der Waals surface area (Å²) in [6.07, 6.45) is 0. The molecule has 3 rings (SSSR count). The fourth-order valence-electron chi connectivity index (χ4n) is 2.61. The molecule has 5 heteroatoms. The lowest BCUT2D eigenvalue weighted by molar-refractivity contribution is -0.122. The monoisotopic (exact) mass is 359 g/mol. The number of amides is 2. The van der Waals surface area contributed by atoms with E-state index in [1.807, 2.05) is 48.5 Å². The van der Waals surface area contributed by atoms with Gasteiger partial charge in [0.05, 0.1) is 0 Å². The van der Waals surface area contributed by atoms with Gasteiger partial charge in [0.1, 0.15) is 6.04 Å². The predicted octanol–water partition coefficient (Wildman–Crippen LogP) is 3.26. The second kappa shape index (κ2) is 8.78. The molecule has 3 aromatic carbocycles. The van der Waals surface area contributed by atoms with Crippen LogP contribution in [0.4, 0.5) is 5.69 Å². The molecule has 0 heterocycles. The fraction of sp³-hybridized carbons (Fsp3) is 0.0909. The van der Waals surface area contributed by atoms with E-state index in [1.54, 1.807) is 36.4 Å². The summed E-state index contributed by atoms with van der Waals surface area (Å²) in [5, 5.41) is 5.65. The van der Waals surface area contributed by atoms with Gasteiger partial charge in [-0.15, -0.1) is 0 Å². The normalized spacial score (nSPS) is 11.4. The molecule has 3 aromatic rings. The molecule has 0 unspecified atom stereocenters. The van der Waals surface area contributed by atoms with Gasteiger partial charge in [0, 0.05) is 17.8 Å². The largest absolute Gasteiger partial charge is 0.350 e. The Morgan fingerprint density at radius 1 is 0.815 bits per heavy atom. The van der Waals surface area contributed by atoms with E-state index in [4.69, 9.17) is 5.73 Å². The molecule has 136 valence electrons. The maximum absolute atomic E-state index is 12.3. The minimum absolute atomic E-state index is 0.187. The van der Waals surface area contributed by atoms with Crippen LogP contribution in [-0.4, -0.2) is 11.8 Å². The quantitative estimate of drug-likeness (QED) is 0.632. The predicted molar refractivity (Wildman–Crippen MR) is 106 cm³/mol. The summed E-state index contributed by atoms with van der Waals surface area (Å²) < 4.78 is 0.